The molecule has 0 spiro atoms. The van der Waals surface area contributed by atoms with Gasteiger partial charge in [0, 0.05) is 4.90 Å². The van der Waals surface area contributed by atoms with Gasteiger partial charge in [-0.3, -0.25) is 0 Å². The Morgan fingerprint density at radius 2 is 2.08 bits per heavy atom. The first-order valence-electron chi connectivity index (χ1n) is 3.03. The van der Waals surface area contributed by atoms with E-state index >= 15 is 0 Å². The SMILES string of the molecule is FC(F)Oc1cccc(S)c1Cl. The van der Waals surface area contributed by atoms with Crippen LogP contribution in [0.5, 0.6) is 5.75 Å². The lowest BCUT2D eigenvalue weighted by molar-refractivity contribution is -0.0499. The van der Waals surface area contributed by atoms with Crippen LogP contribution < -0.4 is 4.74 Å². The maximum atomic E-state index is 11.7. The average Bonchev–Trinajstić information content (AvgIpc) is 1.98. The molecule has 66 valence electrons. The number of benzene rings is 1. The summed E-state index contributed by atoms with van der Waals surface area (Å²) in [4.78, 5) is 0.412. The minimum Gasteiger partial charge on any atom is -0.433 e. The Labute approximate surface area is 78.7 Å². The molecule has 1 aromatic carbocycles. The van der Waals surface area contributed by atoms with Gasteiger partial charge in [-0.05, 0) is 12.1 Å². The summed E-state index contributed by atoms with van der Waals surface area (Å²) in [6.07, 6.45) is 0. The van der Waals surface area contributed by atoms with E-state index in [1.807, 2.05) is 0 Å². The monoisotopic (exact) mass is 210 g/mol. The van der Waals surface area contributed by atoms with Gasteiger partial charge in [0.2, 0.25) is 0 Å². The third-order valence-corrected chi connectivity index (χ3v) is 2.05. The number of halogens is 3. The van der Waals surface area contributed by atoms with Gasteiger partial charge in [-0.15, -0.1) is 12.6 Å². The molecule has 0 saturated carbocycles. The van der Waals surface area contributed by atoms with E-state index in [1.165, 1.54) is 12.1 Å². The maximum absolute atomic E-state index is 11.7. The predicted molar refractivity (Wildman–Crippen MR) is 45.3 cm³/mol. The van der Waals surface area contributed by atoms with Crippen LogP contribution in [0.4, 0.5) is 8.78 Å². The van der Waals surface area contributed by atoms with Gasteiger partial charge < -0.3 is 4.74 Å². The highest BCUT2D eigenvalue weighted by Crippen LogP contribution is 2.31. The highest BCUT2D eigenvalue weighted by atomic mass is 35.5. The molecular formula is C7H5ClF2OS. The minimum absolute atomic E-state index is 0.0563. The number of hydrogen-bond donors (Lipinski definition) is 1. The molecule has 0 fully saturated rings. The second-order valence-electron chi connectivity index (χ2n) is 1.97. The number of ether oxygens (including phenoxy) is 1. The smallest absolute Gasteiger partial charge is 0.387 e. The quantitative estimate of drug-likeness (QED) is 0.738. The van der Waals surface area contributed by atoms with E-state index in [9.17, 15) is 8.78 Å². The Balaban J connectivity index is 2.92. The fraction of sp³-hybridized carbons (Fsp3) is 0.143. The second kappa shape index (κ2) is 3.96. The number of thiol groups is 1. The van der Waals surface area contributed by atoms with Crippen molar-refractivity contribution in [1.29, 1.82) is 0 Å². The minimum atomic E-state index is -2.86. The van der Waals surface area contributed by atoms with Crippen molar-refractivity contribution >= 4 is 24.2 Å². The Kier molecular flexibility index (Phi) is 3.17. The fourth-order valence-corrected chi connectivity index (χ4v) is 1.05. The first-order valence-corrected chi connectivity index (χ1v) is 3.86. The highest BCUT2D eigenvalue weighted by molar-refractivity contribution is 7.80. The van der Waals surface area contributed by atoms with Gasteiger partial charge >= 0.3 is 6.61 Å². The first kappa shape index (κ1) is 9.61. The third kappa shape index (κ3) is 2.25. The standard InChI is InChI=1S/C7H5ClF2OS/c8-6-4(11-7(9)10)2-1-3-5(6)12/h1-3,7,12H. The summed E-state index contributed by atoms with van der Waals surface area (Å²) in [5.41, 5.74) is 0. The van der Waals surface area contributed by atoms with Gasteiger partial charge in [0.15, 0.2) is 0 Å². The molecule has 0 unspecified atom stereocenters. The van der Waals surface area contributed by atoms with Crippen molar-refractivity contribution in [1.82, 2.24) is 0 Å². The van der Waals surface area contributed by atoms with Crippen molar-refractivity contribution in [3.63, 3.8) is 0 Å². The Hall–Kier alpha value is -0.480. The molecule has 0 aliphatic rings. The van der Waals surface area contributed by atoms with Crippen molar-refractivity contribution in [3.05, 3.63) is 23.2 Å². The molecule has 0 saturated heterocycles. The van der Waals surface area contributed by atoms with Crippen molar-refractivity contribution in [3.8, 4) is 5.75 Å². The molecule has 12 heavy (non-hydrogen) atoms. The normalized spacial score (nSPS) is 10.4. The van der Waals surface area contributed by atoms with Crippen LogP contribution in [0.1, 0.15) is 0 Å². The van der Waals surface area contributed by atoms with E-state index in [-0.39, 0.29) is 10.8 Å². The van der Waals surface area contributed by atoms with Gasteiger partial charge in [0.1, 0.15) is 5.75 Å². The van der Waals surface area contributed by atoms with E-state index in [0.717, 1.165) is 0 Å². The van der Waals surface area contributed by atoms with Crippen molar-refractivity contribution < 1.29 is 13.5 Å². The van der Waals surface area contributed by atoms with Crippen LogP contribution in [-0.4, -0.2) is 6.61 Å². The maximum Gasteiger partial charge on any atom is 0.387 e. The Morgan fingerprint density at radius 3 is 2.67 bits per heavy atom. The molecule has 1 aromatic rings. The van der Waals surface area contributed by atoms with E-state index in [4.69, 9.17) is 11.6 Å². The fourth-order valence-electron chi connectivity index (χ4n) is 0.686. The van der Waals surface area contributed by atoms with Gasteiger partial charge in [0.05, 0.1) is 5.02 Å². The summed E-state index contributed by atoms with van der Waals surface area (Å²) in [7, 11) is 0. The van der Waals surface area contributed by atoms with Gasteiger partial charge in [0.25, 0.3) is 0 Å². The predicted octanol–water partition coefficient (Wildman–Crippen LogP) is 3.23. The largest absolute Gasteiger partial charge is 0.433 e. The Bertz CT molecular complexity index is 280. The highest BCUT2D eigenvalue weighted by Gasteiger charge is 2.09. The molecule has 0 atom stereocenters. The summed E-state index contributed by atoms with van der Waals surface area (Å²) in [5, 5.41) is 0.0983. The van der Waals surface area contributed by atoms with E-state index < -0.39 is 6.61 Å². The zero-order chi connectivity index (χ0) is 9.14. The molecule has 0 amide bonds. The molecule has 0 aliphatic heterocycles. The van der Waals surface area contributed by atoms with Crippen LogP contribution in [-0.2, 0) is 0 Å². The van der Waals surface area contributed by atoms with Gasteiger partial charge in [-0.2, -0.15) is 8.78 Å². The first-order chi connectivity index (χ1) is 5.61. The van der Waals surface area contributed by atoms with E-state index in [2.05, 4.69) is 17.4 Å². The molecule has 1 nitrogen and oxygen atoms in total. The molecule has 0 bridgehead atoms. The molecule has 5 heteroatoms. The molecule has 0 aliphatic carbocycles. The topological polar surface area (TPSA) is 9.23 Å². The van der Waals surface area contributed by atoms with E-state index in [1.54, 1.807) is 6.07 Å². The summed E-state index contributed by atoms with van der Waals surface area (Å²) < 4.78 is 27.6. The molecule has 0 N–H and O–H groups in total. The number of hydrogen-bond acceptors (Lipinski definition) is 2. The third-order valence-electron chi connectivity index (χ3n) is 1.16. The molecule has 1 rings (SSSR count). The van der Waals surface area contributed by atoms with Crippen molar-refractivity contribution in [2.24, 2.45) is 0 Å². The van der Waals surface area contributed by atoms with Gasteiger partial charge in [-0.1, -0.05) is 17.7 Å². The van der Waals surface area contributed by atoms with Crippen LogP contribution in [0.2, 0.25) is 5.02 Å². The summed E-state index contributed by atoms with van der Waals surface area (Å²) >= 11 is 9.54. The zero-order valence-electron chi connectivity index (χ0n) is 5.80. The van der Waals surface area contributed by atoms with Crippen LogP contribution in [0.15, 0.2) is 23.1 Å². The van der Waals surface area contributed by atoms with Crippen LogP contribution >= 0.6 is 24.2 Å². The molecule has 0 aromatic heterocycles. The zero-order valence-corrected chi connectivity index (χ0v) is 7.45. The van der Waals surface area contributed by atoms with Crippen LogP contribution in [0.3, 0.4) is 0 Å². The van der Waals surface area contributed by atoms with Gasteiger partial charge in [-0.25, -0.2) is 0 Å². The summed E-state index contributed by atoms with van der Waals surface area (Å²) in [6.45, 7) is -2.86. The number of alkyl halides is 2. The summed E-state index contributed by atoms with van der Waals surface area (Å²) in [6, 6.07) is 4.48. The average molecular weight is 211 g/mol. The van der Waals surface area contributed by atoms with Crippen LogP contribution in [0, 0.1) is 0 Å². The van der Waals surface area contributed by atoms with E-state index in [0.29, 0.717) is 4.90 Å². The lowest BCUT2D eigenvalue weighted by Gasteiger charge is -2.06. The molecule has 0 radical (unpaired) electrons. The summed E-state index contributed by atoms with van der Waals surface area (Å²) in [5.74, 6) is -0.0563. The number of rotatable bonds is 2. The lowest BCUT2D eigenvalue weighted by atomic mass is 10.3. The van der Waals surface area contributed by atoms with Crippen molar-refractivity contribution in [2.75, 3.05) is 0 Å². The lowest BCUT2D eigenvalue weighted by Crippen LogP contribution is -2.02. The van der Waals surface area contributed by atoms with Crippen LogP contribution in [0.25, 0.3) is 0 Å². The van der Waals surface area contributed by atoms with Crippen molar-refractivity contribution in [2.45, 2.75) is 11.5 Å². The second-order valence-corrected chi connectivity index (χ2v) is 2.83. The Morgan fingerprint density at radius 1 is 1.42 bits per heavy atom. The molecule has 0 heterocycles. The molecular weight excluding hydrogens is 206 g/mol.